The number of aldehydes is 1. The summed E-state index contributed by atoms with van der Waals surface area (Å²) < 4.78 is 5.84. The predicted molar refractivity (Wildman–Crippen MR) is 76.8 cm³/mol. The molecule has 3 nitrogen and oxygen atoms in total. The molecule has 0 fully saturated rings. The molecule has 0 saturated carbocycles. The lowest BCUT2D eigenvalue weighted by Gasteiger charge is -2.27. The van der Waals surface area contributed by atoms with Gasteiger partial charge in [0.05, 0.1) is 16.2 Å². The van der Waals surface area contributed by atoms with Gasteiger partial charge in [-0.2, -0.15) is 0 Å². The van der Waals surface area contributed by atoms with E-state index in [0.717, 1.165) is 5.56 Å². The molecule has 1 atom stereocenters. The Kier molecular flexibility index (Phi) is 3.20. The predicted octanol–water partition coefficient (Wildman–Crippen LogP) is 3.67. The Balaban J connectivity index is 2.18. The molecule has 20 heavy (non-hydrogen) atoms. The second-order valence-electron chi connectivity index (χ2n) is 4.45. The number of rotatable bonds is 2. The molecule has 0 radical (unpaired) electrons. The molecular formula is C16H11ClO3. The van der Waals surface area contributed by atoms with Crippen LogP contribution in [0.5, 0.6) is 11.5 Å². The third kappa shape index (κ3) is 1.96. The van der Waals surface area contributed by atoms with E-state index in [4.69, 9.17) is 16.3 Å². The molecule has 0 aliphatic carbocycles. The number of hydrogen-bond donors (Lipinski definition) is 1. The summed E-state index contributed by atoms with van der Waals surface area (Å²) in [4.78, 5) is 11.4. The second-order valence-corrected chi connectivity index (χ2v) is 4.82. The SMILES string of the molecule is O=CC1=C(Cl)c2c(O)cccc2OC1c1ccccc1. The standard InChI is InChI=1S/C16H11ClO3/c17-15-11(9-18)16(10-5-2-1-3-6-10)20-13-8-4-7-12(19)14(13)15/h1-9,16,19H. The van der Waals surface area contributed by atoms with E-state index in [9.17, 15) is 9.90 Å². The lowest BCUT2D eigenvalue weighted by Crippen LogP contribution is -2.17. The Labute approximate surface area is 121 Å². The third-order valence-corrected chi connectivity index (χ3v) is 3.64. The van der Waals surface area contributed by atoms with Crippen molar-refractivity contribution >= 4 is 22.9 Å². The van der Waals surface area contributed by atoms with Gasteiger partial charge in [-0.1, -0.05) is 48.0 Å². The van der Waals surface area contributed by atoms with Gasteiger partial charge in [0.1, 0.15) is 11.5 Å². The maximum absolute atomic E-state index is 11.4. The van der Waals surface area contributed by atoms with Crippen LogP contribution in [0.4, 0.5) is 0 Å². The van der Waals surface area contributed by atoms with E-state index in [-0.39, 0.29) is 10.8 Å². The van der Waals surface area contributed by atoms with Gasteiger partial charge in [0.2, 0.25) is 0 Å². The highest BCUT2D eigenvalue weighted by Gasteiger charge is 2.30. The third-order valence-electron chi connectivity index (χ3n) is 3.23. The number of aromatic hydroxyl groups is 1. The van der Waals surface area contributed by atoms with E-state index in [1.165, 1.54) is 6.07 Å². The number of ether oxygens (including phenoxy) is 1. The van der Waals surface area contributed by atoms with E-state index in [1.807, 2.05) is 30.3 Å². The van der Waals surface area contributed by atoms with Crippen LogP contribution in [0.2, 0.25) is 0 Å². The first-order valence-electron chi connectivity index (χ1n) is 6.11. The molecule has 0 aromatic heterocycles. The van der Waals surface area contributed by atoms with Crippen LogP contribution in [0.15, 0.2) is 54.1 Å². The summed E-state index contributed by atoms with van der Waals surface area (Å²) in [6, 6.07) is 14.3. The molecule has 1 heterocycles. The van der Waals surface area contributed by atoms with Crippen molar-refractivity contribution in [2.24, 2.45) is 0 Å². The monoisotopic (exact) mass is 286 g/mol. The van der Waals surface area contributed by atoms with Gasteiger partial charge in [0.15, 0.2) is 12.4 Å². The summed E-state index contributed by atoms with van der Waals surface area (Å²) >= 11 is 6.27. The number of carbonyl (C=O) groups is 1. The summed E-state index contributed by atoms with van der Waals surface area (Å²) in [7, 11) is 0. The van der Waals surface area contributed by atoms with Crippen molar-refractivity contribution in [3.05, 3.63) is 65.2 Å². The zero-order valence-corrected chi connectivity index (χ0v) is 11.2. The Morgan fingerprint density at radius 1 is 1.10 bits per heavy atom. The van der Waals surface area contributed by atoms with Gasteiger partial charge < -0.3 is 9.84 Å². The Hall–Kier alpha value is -2.26. The van der Waals surface area contributed by atoms with Crippen LogP contribution in [0.25, 0.3) is 5.03 Å². The fraction of sp³-hybridized carbons (Fsp3) is 0.0625. The second kappa shape index (κ2) is 5.02. The average Bonchev–Trinajstić information content (AvgIpc) is 2.48. The number of halogens is 1. The van der Waals surface area contributed by atoms with Crippen LogP contribution in [0.3, 0.4) is 0 Å². The smallest absolute Gasteiger partial charge is 0.153 e. The van der Waals surface area contributed by atoms with Crippen LogP contribution in [0.1, 0.15) is 17.2 Å². The Morgan fingerprint density at radius 2 is 1.85 bits per heavy atom. The lowest BCUT2D eigenvalue weighted by molar-refractivity contribution is -0.105. The van der Waals surface area contributed by atoms with Gasteiger partial charge >= 0.3 is 0 Å². The van der Waals surface area contributed by atoms with E-state index < -0.39 is 6.10 Å². The van der Waals surface area contributed by atoms with E-state index >= 15 is 0 Å². The van der Waals surface area contributed by atoms with E-state index in [2.05, 4.69) is 0 Å². The number of phenolic OH excluding ortho intramolecular Hbond substituents is 1. The first-order chi connectivity index (χ1) is 9.72. The van der Waals surface area contributed by atoms with Crippen LogP contribution >= 0.6 is 11.6 Å². The van der Waals surface area contributed by atoms with Crippen LogP contribution in [-0.2, 0) is 4.79 Å². The van der Waals surface area contributed by atoms with Gasteiger partial charge in [-0.25, -0.2) is 0 Å². The molecule has 2 aromatic carbocycles. The maximum atomic E-state index is 11.4. The van der Waals surface area contributed by atoms with Crippen LogP contribution in [0, 0.1) is 0 Å². The number of phenols is 1. The maximum Gasteiger partial charge on any atom is 0.153 e. The molecule has 1 unspecified atom stereocenters. The fourth-order valence-corrected chi connectivity index (χ4v) is 2.61. The van der Waals surface area contributed by atoms with Gasteiger partial charge in [0.25, 0.3) is 0 Å². The molecular weight excluding hydrogens is 276 g/mol. The molecule has 100 valence electrons. The zero-order valence-electron chi connectivity index (χ0n) is 10.4. The minimum Gasteiger partial charge on any atom is -0.507 e. The van der Waals surface area contributed by atoms with Gasteiger partial charge in [-0.3, -0.25) is 4.79 Å². The number of hydrogen-bond acceptors (Lipinski definition) is 3. The van der Waals surface area contributed by atoms with Crippen molar-refractivity contribution in [1.82, 2.24) is 0 Å². The summed E-state index contributed by atoms with van der Waals surface area (Å²) in [5, 5.41) is 10.1. The molecule has 2 aromatic rings. The minimum atomic E-state index is -0.560. The molecule has 0 amide bonds. The number of carbonyl (C=O) groups excluding carboxylic acids is 1. The van der Waals surface area contributed by atoms with Crippen molar-refractivity contribution in [3.63, 3.8) is 0 Å². The molecule has 4 heteroatoms. The first kappa shape index (κ1) is 12.8. The molecule has 3 rings (SSSR count). The van der Waals surface area contributed by atoms with E-state index in [0.29, 0.717) is 23.2 Å². The fourth-order valence-electron chi connectivity index (χ4n) is 2.28. The topological polar surface area (TPSA) is 46.5 Å². The van der Waals surface area contributed by atoms with Crippen LogP contribution in [-0.4, -0.2) is 11.4 Å². The van der Waals surface area contributed by atoms with Crippen molar-refractivity contribution in [2.45, 2.75) is 6.10 Å². The average molecular weight is 287 g/mol. The number of benzene rings is 2. The van der Waals surface area contributed by atoms with Gasteiger partial charge in [-0.05, 0) is 17.7 Å². The van der Waals surface area contributed by atoms with Crippen molar-refractivity contribution in [3.8, 4) is 11.5 Å². The molecule has 1 aliphatic heterocycles. The molecule has 1 N–H and O–H groups in total. The van der Waals surface area contributed by atoms with Crippen molar-refractivity contribution < 1.29 is 14.6 Å². The lowest BCUT2D eigenvalue weighted by atomic mass is 9.96. The van der Waals surface area contributed by atoms with Crippen molar-refractivity contribution in [2.75, 3.05) is 0 Å². The van der Waals surface area contributed by atoms with Crippen molar-refractivity contribution in [1.29, 1.82) is 0 Å². The molecule has 0 bridgehead atoms. The van der Waals surface area contributed by atoms with E-state index in [1.54, 1.807) is 12.1 Å². The number of fused-ring (bicyclic) bond motifs is 1. The molecule has 0 spiro atoms. The highest BCUT2D eigenvalue weighted by atomic mass is 35.5. The summed E-state index contributed by atoms with van der Waals surface area (Å²) in [6.07, 6.45) is 0.116. The quantitative estimate of drug-likeness (QED) is 0.857. The largest absolute Gasteiger partial charge is 0.507 e. The van der Waals surface area contributed by atoms with Crippen LogP contribution < -0.4 is 4.74 Å². The van der Waals surface area contributed by atoms with Gasteiger partial charge in [-0.15, -0.1) is 0 Å². The molecule has 0 saturated heterocycles. The summed E-state index contributed by atoms with van der Waals surface area (Å²) in [6.45, 7) is 0. The summed E-state index contributed by atoms with van der Waals surface area (Å²) in [5.41, 5.74) is 1.51. The Morgan fingerprint density at radius 3 is 2.55 bits per heavy atom. The normalized spacial score (nSPS) is 17.4. The summed E-state index contributed by atoms with van der Waals surface area (Å²) in [5.74, 6) is 0.466. The molecule has 1 aliphatic rings. The van der Waals surface area contributed by atoms with Gasteiger partial charge in [0, 0.05) is 0 Å². The zero-order chi connectivity index (χ0) is 14.1. The Bertz CT molecular complexity index is 692. The minimum absolute atomic E-state index is 0.00152. The highest BCUT2D eigenvalue weighted by Crippen LogP contribution is 2.46. The first-order valence-corrected chi connectivity index (χ1v) is 6.49. The highest BCUT2D eigenvalue weighted by molar-refractivity contribution is 6.51.